The molecule has 2 aliphatic rings. The zero-order valence-corrected chi connectivity index (χ0v) is 16.3. The molecule has 0 spiro atoms. The number of hydrogen-bond donors (Lipinski definition) is 1. The van der Waals surface area contributed by atoms with Gasteiger partial charge in [-0.15, -0.1) is 10.2 Å². The first-order valence-corrected chi connectivity index (χ1v) is 10.0. The highest BCUT2D eigenvalue weighted by molar-refractivity contribution is 5.85. The molecule has 2 fully saturated rings. The van der Waals surface area contributed by atoms with E-state index in [9.17, 15) is 4.79 Å². The van der Waals surface area contributed by atoms with Crippen LogP contribution in [-0.2, 0) is 4.79 Å². The van der Waals surface area contributed by atoms with Gasteiger partial charge in [-0.2, -0.15) is 9.61 Å². The molecule has 146 valence electrons. The molecule has 2 aromatic rings. The Labute approximate surface area is 159 Å². The largest absolute Gasteiger partial charge is 0.368 e. The molecule has 8 heteroatoms. The molecule has 1 amide bonds. The van der Waals surface area contributed by atoms with Crippen LogP contribution >= 0.6 is 0 Å². The number of aromatic nitrogens is 4. The van der Waals surface area contributed by atoms with E-state index in [1.54, 1.807) is 10.8 Å². The van der Waals surface area contributed by atoms with Crippen LogP contribution in [0.2, 0.25) is 0 Å². The van der Waals surface area contributed by atoms with Gasteiger partial charge in [0.25, 0.3) is 0 Å². The Hall–Kier alpha value is -2.22. The van der Waals surface area contributed by atoms with Gasteiger partial charge in [-0.05, 0) is 50.8 Å². The van der Waals surface area contributed by atoms with E-state index in [1.807, 2.05) is 0 Å². The molecule has 0 bridgehead atoms. The van der Waals surface area contributed by atoms with E-state index in [0.717, 1.165) is 68.9 Å². The second kappa shape index (κ2) is 7.07. The lowest BCUT2D eigenvalue weighted by Gasteiger charge is -2.48. The van der Waals surface area contributed by atoms with E-state index in [4.69, 9.17) is 5.73 Å². The zero-order chi connectivity index (χ0) is 19.0. The Bertz CT molecular complexity index is 817. The molecule has 0 aliphatic carbocycles. The first kappa shape index (κ1) is 18.2. The fourth-order valence-electron chi connectivity index (χ4n) is 4.50. The highest BCUT2D eigenvalue weighted by Crippen LogP contribution is 2.34. The van der Waals surface area contributed by atoms with E-state index in [-0.39, 0.29) is 5.91 Å². The van der Waals surface area contributed by atoms with Crippen LogP contribution in [0, 0.1) is 0 Å². The van der Waals surface area contributed by atoms with Crippen LogP contribution < -0.4 is 10.6 Å². The number of nitrogens with two attached hydrogens (primary N) is 1. The average Bonchev–Trinajstić information content (AvgIpc) is 3.16. The summed E-state index contributed by atoms with van der Waals surface area (Å²) in [6, 6.07) is 2.12. The predicted octanol–water partition coefficient (Wildman–Crippen LogP) is 1.56. The van der Waals surface area contributed by atoms with Gasteiger partial charge in [-0.1, -0.05) is 20.3 Å². The van der Waals surface area contributed by atoms with Gasteiger partial charge in [0.1, 0.15) is 11.9 Å². The molecule has 2 aliphatic heterocycles. The molecule has 27 heavy (non-hydrogen) atoms. The molecule has 2 N–H and O–H groups in total. The Morgan fingerprint density at radius 1 is 1.15 bits per heavy atom. The average molecular weight is 371 g/mol. The van der Waals surface area contributed by atoms with E-state index >= 15 is 0 Å². The van der Waals surface area contributed by atoms with Gasteiger partial charge in [0, 0.05) is 13.1 Å². The smallest absolute Gasteiger partial charge is 0.238 e. The van der Waals surface area contributed by atoms with Crippen molar-refractivity contribution in [1.82, 2.24) is 24.7 Å². The van der Waals surface area contributed by atoms with Gasteiger partial charge < -0.3 is 10.6 Å². The van der Waals surface area contributed by atoms with Crippen molar-refractivity contribution in [3.05, 3.63) is 18.1 Å². The minimum atomic E-state index is -0.505. The molecule has 4 rings (SSSR count). The molecule has 0 saturated carbocycles. The number of carbonyl (C=O) groups is 1. The highest BCUT2D eigenvalue weighted by Gasteiger charge is 2.45. The molecule has 0 radical (unpaired) electrons. The maximum atomic E-state index is 12.5. The molecule has 0 unspecified atom stereocenters. The molecule has 8 nitrogen and oxygen atoms in total. The van der Waals surface area contributed by atoms with Gasteiger partial charge in [0.15, 0.2) is 0 Å². The molecule has 0 atom stereocenters. The maximum Gasteiger partial charge on any atom is 0.238 e. The van der Waals surface area contributed by atoms with Crippen molar-refractivity contribution in [1.29, 1.82) is 0 Å². The molecule has 2 aromatic heterocycles. The summed E-state index contributed by atoms with van der Waals surface area (Å²) >= 11 is 0. The summed E-state index contributed by atoms with van der Waals surface area (Å²) in [5.74, 6) is 0.146. The van der Waals surface area contributed by atoms with Crippen LogP contribution in [0.25, 0.3) is 5.65 Å². The van der Waals surface area contributed by atoms with Crippen molar-refractivity contribution in [3.63, 3.8) is 0 Å². The SMILES string of the molecule is CC(C)c1cc(N2CCC(C(N)=O)(N3CCCCC3)CC2)c2nncn2n1. The number of likely N-dealkylation sites (tertiary alicyclic amines) is 1. The van der Waals surface area contributed by atoms with Crippen LogP contribution in [-0.4, -0.2) is 62.3 Å². The van der Waals surface area contributed by atoms with E-state index in [2.05, 4.69) is 45.0 Å². The summed E-state index contributed by atoms with van der Waals surface area (Å²) in [6.45, 7) is 7.78. The summed E-state index contributed by atoms with van der Waals surface area (Å²) in [4.78, 5) is 17.1. The van der Waals surface area contributed by atoms with E-state index < -0.39 is 5.54 Å². The monoisotopic (exact) mass is 371 g/mol. The van der Waals surface area contributed by atoms with Crippen molar-refractivity contribution in [2.24, 2.45) is 5.73 Å². The number of nitrogens with zero attached hydrogens (tertiary/aromatic N) is 6. The van der Waals surface area contributed by atoms with Crippen molar-refractivity contribution in [2.45, 2.75) is 57.4 Å². The Kier molecular flexibility index (Phi) is 4.75. The zero-order valence-electron chi connectivity index (χ0n) is 16.3. The fraction of sp³-hybridized carbons (Fsp3) is 0.684. The Morgan fingerprint density at radius 3 is 2.48 bits per heavy atom. The number of rotatable bonds is 4. The summed E-state index contributed by atoms with van der Waals surface area (Å²) < 4.78 is 1.76. The standard InChI is InChI=1S/C19H29N7O/c1-14(2)15-12-16(17-22-21-13-26(17)23-15)24-10-6-19(7-11-24,18(20)27)25-8-4-3-5-9-25/h12-14H,3-11H2,1-2H3,(H2,20,27). The molecule has 0 aromatic carbocycles. The van der Waals surface area contributed by atoms with Crippen LogP contribution in [0.5, 0.6) is 0 Å². The summed E-state index contributed by atoms with van der Waals surface area (Å²) in [7, 11) is 0. The van der Waals surface area contributed by atoms with Crippen molar-refractivity contribution in [3.8, 4) is 0 Å². The van der Waals surface area contributed by atoms with Gasteiger partial charge in [0.2, 0.25) is 11.6 Å². The number of amides is 1. The number of carbonyl (C=O) groups excluding carboxylic acids is 1. The fourth-order valence-corrected chi connectivity index (χ4v) is 4.50. The first-order valence-electron chi connectivity index (χ1n) is 10.0. The number of piperidine rings is 2. The summed E-state index contributed by atoms with van der Waals surface area (Å²) in [5, 5.41) is 12.9. The third kappa shape index (κ3) is 3.16. The third-order valence-corrected chi connectivity index (χ3v) is 6.21. The number of fused-ring (bicyclic) bond motifs is 1. The van der Waals surface area contributed by atoms with Crippen molar-refractivity contribution < 1.29 is 4.79 Å². The minimum Gasteiger partial charge on any atom is -0.368 e. The minimum absolute atomic E-state index is 0.172. The van der Waals surface area contributed by atoms with Gasteiger partial charge in [-0.3, -0.25) is 9.69 Å². The van der Waals surface area contributed by atoms with Crippen LogP contribution in [0.4, 0.5) is 5.69 Å². The number of anilines is 1. The molecular weight excluding hydrogens is 342 g/mol. The normalized spacial score (nSPS) is 21.1. The lowest BCUT2D eigenvalue weighted by molar-refractivity contribution is -0.132. The van der Waals surface area contributed by atoms with Crippen LogP contribution in [0.15, 0.2) is 12.4 Å². The lowest BCUT2D eigenvalue weighted by Crippen LogP contribution is -2.63. The van der Waals surface area contributed by atoms with Gasteiger partial charge in [-0.25, -0.2) is 0 Å². The van der Waals surface area contributed by atoms with Gasteiger partial charge in [0.05, 0.1) is 11.4 Å². The van der Waals surface area contributed by atoms with E-state index in [1.165, 1.54) is 6.42 Å². The van der Waals surface area contributed by atoms with Crippen LogP contribution in [0.1, 0.15) is 57.6 Å². The highest BCUT2D eigenvalue weighted by atomic mass is 16.1. The molecule has 2 saturated heterocycles. The molecular formula is C19H29N7O. The van der Waals surface area contributed by atoms with E-state index in [0.29, 0.717) is 5.92 Å². The summed E-state index contributed by atoms with van der Waals surface area (Å²) in [5.41, 5.74) is 8.24. The summed E-state index contributed by atoms with van der Waals surface area (Å²) in [6.07, 6.45) is 6.71. The predicted molar refractivity (Wildman–Crippen MR) is 104 cm³/mol. The Balaban J connectivity index is 1.61. The number of hydrogen-bond acceptors (Lipinski definition) is 6. The topological polar surface area (TPSA) is 92.6 Å². The van der Waals surface area contributed by atoms with Crippen LogP contribution in [0.3, 0.4) is 0 Å². The van der Waals surface area contributed by atoms with Crippen molar-refractivity contribution in [2.75, 3.05) is 31.1 Å². The first-order chi connectivity index (χ1) is 13.0. The maximum absolute atomic E-state index is 12.5. The number of primary amides is 1. The second-order valence-electron chi connectivity index (χ2n) is 8.14. The Morgan fingerprint density at radius 2 is 1.85 bits per heavy atom. The quantitative estimate of drug-likeness (QED) is 0.877. The van der Waals surface area contributed by atoms with Gasteiger partial charge >= 0.3 is 0 Å². The second-order valence-corrected chi connectivity index (χ2v) is 8.14. The third-order valence-electron chi connectivity index (χ3n) is 6.21. The van der Waals surface area contributed by atoms with Crippen molar-refractivity contribution >= 4 is 17.2 Å². The molecule has 4 heterocycles. The lowest BCUT2D eigenvalue weighted by atomic mass is 9.83.